The van der Waals surface area contributed by atoms with Gasteiger partial charge in [0.1, 0.15) is 11.6 Å². The quantitative estimate of drug-likeness (QED) is 0.611. The molecule has 0 unspecified atom stereocenters. The predicted molar refractivity (Wildman–Crippen MR) is 110 cm³/mol. The average molecular weight is 423 g/mol. The zero-order chi connectivity index (χ0) is 20.8. The van der Waals surface area contributed by atoms with Gasteiger partial charge < -0.3 is 9.64 Å². The fraction of sp³-hybridized carbons (Fsp3) is 0.550. The summed E-state index contributed by atoms with van der Waals surface area (Å²) in [6, 6.07) is 6.17. The van der Waals surface area contributed by atoms with Gasteiger partial charge in [-0.15, -0.1) is 11.8 Å². The number of piperidine rings is 1. The Morgan fingerprint density at radius 1 is 1.28 bits per heavy atom. The van der Waals surface area contributed by atoms with Gasteiger partial charge in [0.15, 0.2) is 0 Å². The second-order valence-corrected chi connectivity index (χ2v) is 8.05. The number of methoxy groups -OCH3 is 1. The van der Waals surface area contributed by atoms with Gasteiger partial charge in [-0.25, -0.2) is 13.9 Å². The lowest BCUT2D eigenvalue weighted by molar-refractivity contribution is -0.129. The number of carbonyl (C=O) groups excluding carboxylic acids is 1. The Balaban J connectivity index is 1.56. The van der Waals surface area contributed by atoms with Gasteiger partial charge in [-0.1, -0.05) is 0 Å². The highest BCUT2D eigenvalue weighted by Crippen LogP contribution is 2.27. The van der Waals surface area contributed by atoms with Gasteiger partial charge >= 0.3 is 5.69 Å². The topological polar surface area (TPSA) is 69.4 Å². The van der Waals surface area contributed by atoms with Crippen LogP contribution in [0.1, 0.15) is 31.5 Å². The van der Waals surface area contributed by atoms with Gasteiger partial charge in [0.2, 0.25) is 5.91 Å². The zero-order valence-corrected chi connectivity index (χ0v) is 17.7. The number of ether oxygens (including phenoxy) is 1. The lowest BCUT2D eigenvalue weighted by Crippen LogP contribution is -2.39. The van der Waals surface area contributed by atoms with Gasteiger partial charge in [0.05, 0.1) is 18.9 Å². The van der Waals surface area contributed by atoms with Crippen LogP contribution in [-0.2, 0) is 22.6 Å². The third-order valence-electron chi connectivity index (χ3n) is 5.16. The van der Waals surface area contributed by atoms with E-state index >= 15 is 0 Å². The van der Waals surface area contributed by atoms with Crippen LogP contribution in [0.25, 0.3) is 0 Å². The summed E-state index contributed by atoms with van der Waals surface area (Å²) < 4.78 is 21.2. The first-order chi connectivity index (χ1) is 14.0. The maximum atomic E-state index is 13.0. The van der Waals surface area contributed by atoms with Gasteiger partial charge in [0.25, 0.3) is 0 Å². The summed E-state index contributed by atoms with van der Waals surface area (Å²) in [6.45, 7) is 4.70. The smallest absolute Gasteiger partial charge is 0.345 e. The van der Waals surface area contributed by atoms with Crippen molar-refractivity contribution in [2.75, 3.05) is 32.6 Å². The number of halogens is 1. The molecule has 1 fully saturated rings. The molecule has 7 nitrogen and oxygen atoms in total. The Morgan fingerprint density at radius 3 is 2.59 bits per heavy atom. The molecule has 2 heterocycles. The third-order valence-corrected chi connectivity index (χ3v) is 6.16. The summed E-state index contributed by atoms with van der Waals surface area (Å²) in [7, 11) is 1.60. The van der Waals surface area contributed by atoms with E-state index in [-0.39, 0.29) is 23.3 Å². The number of benzene rings is 1. The van der Waals surface area contributed by atoms with Crippen molar-refractivity contribution in [1.29, 1.82) is 0 Å². The number of amides is 1. The van der Waals surface area contributed by atoms with Crippen molar-refractivity contribution >= 4 is 17.7 Å². The number of nitrogens with zero attached hydrogens (tertiary/aromatic N) is 4. The van der Waals surface area contributed by atoms with Crippen LogP contribution in [-0.4, -0.2) is 57.7 Å². The van der Waals surface area contributed by atoms with Crippen LogP contribution in [0.15, 0.2) is 34.0 Å². The van der Waals surface area contributed by atoms with E-state index in [1.54, 1.807) is 23.8 Å². The summed E-state index contributed by atoms with van der Waals surface area (Å²) in [4.78, 5) is 27.8. The maximum absolute atomic E-state index is 13.0. The van der Waals surface area contributed by atoms with Gasteiger partial charge in [-0.3, -0.25) is 9.36 Å². The van der Waals surface area contributed by atoms with E-state index in [0.29, 0.717) is 38.5 Å². The van der Waals surface area contributed by atoms with E-state index in [1.807, 2.05) is 11.8 Å². The maximum Gasteiger partial charge on any atom is 0.345 e. The monoisotopic (exact) mass is 422 g/mol. The van der Waals surface area contributed by atoms with Gasteiger partial charge in [0, 0.05) is 37.6 Å². The molecule has 29 heavy (non-hydrogen) atoms. The zero-order valence-electron chi connectivity index (χ0n) is 16.8. The second-order valence-electron chi connectivity index (χ2n) is 7.00. The summed E-state index contributed by atoms with van der Waals surface area (Å²) in [5.41, 5.74) is -0.103. The van der Waals surface area contributed by atoms with Crippen molar-refractivity contribution in [1.82, 2.24) is 19.2 Å². The molecule has 1 aliphatic rings. The van der Waals surface area contributed by atoms with Crippen molar-refractivity contribution in [3.63, 3.8) is 0 Å². The van der Waals surface area contributed by atoms with E-state index in [0.717, 1.165) is 23.6 Å². The number of hydrogen-bond acceptors (Lipinski definition) is 5. The van der Waals surface area contributed by atoms with Gasteiger partial charge in [-0.05, 0) is 44.0 Å². The lowest BCUT2D eigenvalue weighted by atomic mass is 9.96. The second kappa shape index (κ2) is 10.1. The molecular formula is C20H27FN4O3S. The third kappa shape index (κ3) is 5.27. The summed E-state index contributed by atoms with van der Waals surface area (Å²) in [6.07, 6.45) is 1.57. The van der Waals surface area contributed by atoms with Crippen LogP contribution < -0.4 is 5.69 Å². The molecule has 2 aromatic rings. The molecule has 1 aliphatic heterocycles. The first-order valence-corrected chi connectivity index (χ1v) is 10.8. The van der Waals surface area contributed by atoms with Crippen LogP contribution in [0.4, 0.5) is 4.39 Å². The number of rotatable bonds is 8. The minimum atomic E-state index is -0.280. The van der Waals surface area contributed by atoms with Crippen molar-refractivity contribution in [2.24, 2.45) is 0 Å². The normalized spacial score (nSPS) is 15.1. The minimum absolute atomic E-state index is 0.0799. The number of carbonyl (C=O) groups is 1. The molecule has 0 aliphatic carbocycles. The molecule has 1 aromatic carbocycles. The molecule has 0 atom stereocenters. The Morgan fingerprint density at radius 2 is 1.97 bits per heavy atom. The van der Waals surface area contributed by atoms with Crippen LogP contribution in [0, 0.1) is 5.82 Å². The molecule has 1 aromatic heterocycles. The molecule has 3 rings (SSSR count). The Hall–Kier alpha value is -2.13. The molecule has 1 amide bonds. The molecule has 0 spiro atoms. The van der Waals surface area contributed by atoms with E-state index in [1.165, 1.54) is 28.6 Å². The Kier molecular flexibility index (Phi) is 7.49. The lowest BCUT2D eigenvalue weighted by Gasteiger charge is -2.31. The fourth-order valence-electron chi connectivity index (χ4n) is 3.53. The molecule has 0 saturated carbocycles. The van der Waals surface area contributed by atoms with E-state index in [4.69, 9.17) is 4.74 Å². The SMILES string of the molecule is CCn1c(C2CCN(C(=O)CSc3ccc(F)cc3)CC2)nn(CCOC)c1=O. The molecule has 9 heteroatoms. The Bertz CT molecular complexity index is 873. The highest BCUT2D eigenvalue weighted by Gasteiger charge is 2.28. The standard InChI is InChI=1S/C20H27FN4O3S/c1-3-24-19(22-25(20(24)27)12-13-28-2)15-8-10-23(11-9-15)18(26)14-29-17-6-4-16(21)5-7-17/h4-7,15H,3,8-14H2,1-2H3. The molecule has 0 bridgehead atoms. The summed E-state index contributed by atoms with van der Waals surface area (Å²) >= 11 is 1.42. The average Bonchev–Trinajstić information content (AvgIpc) is 3.07. The number of aromatic nitrogens is 3. The van der Waals surface area contributed by atoms with Crippen LogP contribution >= 0.6 is 11.8 Å². The number of likely N-dealkylation sites (tertiary alicyclic amines) is 1. The van der Waals surface area contributed by atoms with Crippen molar-refractivity contribution < 1.29 is 13.9 Å². The molecule has 0 radical (unpaired) electrons. The molecule has 158 valence electrons. The molecular weight excluding hydrogens is 395 g/mol. The van der Waals surface area contributed by atoms with E-state index < -0.39 is 0 Å². The van der Waals surface area contributed by atoms with Crippen molar-refractivity contribution in [3.8, 4) is 0 Å². The predicted octanol–water partition coefficient (Wildman–Crippen LogP) is 2.35. The van der Waals surface area contributed by atoms with Crippen molar-refractivity contribution in [3.05, 3.63) is 46.4 Å². The molecule has 1 saturated heterocycles. The Labute approximate surface area is 173 Å². The fourth-order valence-corrected chi connectivity index (χ4v) is 4.34. The van der Waals surface area contributed by atoms with E-state index in [9.17, 15) is 14.0 Å². The first-order valence-electron chi connectivity index (χ1n) is 9.86. The van der Waals surface area contributed by atoms with E-state index in [2.05, 4.69) is 5.10 Å². The highest BCUT2D eigenvalue weighted by atomic mass is 32.2. The van der Waals surface area contributed by atoms with Crippen LogP contribution in [0.3, 0.4) is 0 Å². The van der Waals surface area contributed by atoms with Gasteiger partial charge in [-0.2, -0.15) is 5.10 Å². The largest absolute Gasteiger partial charge is 0.383 e. The van der Waals surface area contributed by atoms with Crippen molar-refractivity contribution in [2.45, 2.75) is 43.7 Å². The minimum Gasteiger partial charge on any atom is -0.383 e. The number of hydrogen-bond donors (Lipinski definition) is 0. The van der Waals surface area contributed by atoms with Crippen LogP contribution in [0.5, 0.6) is 0 Å². The summed E-state index contributed by atoms with van der Waals surface area (Å²) in [5, 5.41) is 4.54. The summed E-state index contributed by atoms with van der Waals surface area (Å²) in [5.74, 6) is 1.11. The number of thioether (sulfide) groups is 1. The molecule has 0 N–H and O–H groups in total. The highest BCUT2D eigenvalue weighted by molar-refractivity contribution is 8.00. The van der Waals surface area contributed by atoms with Crippen LogP contribution in [0.2, 0.25) is 0 Å². The first kappa shape index (κ1) is 21.6.